The SMILES string of the molecule is CCC1CC1CC1CC1CC1CC1CCCCCCCC(=O)OCC(O)CN(C)C.CCCCCCCCC1CC1CCCCCCCC(=O)SCCC[N+](C)(C)C. The zero-order valence-corrected chi connectivity index (χ0v) is 40.3. The van der Waals surface area contributed by atoms with Crippen molar-refractivity contribution in [2.75, 3.05) is 60.7 Å². The lowest BCUT2D eigenvalue weighted by molar-refractivity contribution is -0.870. The molecular formula is C51H97N2O4S+. The topological polar surface area (TPSA) is 66.8 Å². The summed E-state index contributed by atoms with van der Waals surface area (Å²) in [4.78, 5) is 25.5. The second-order valence-electron chi connectivity index (χ2n) is 21.3. The Morgan fingerprint density at radius 1 is 0.621 bits per heavy atom. The molecule has 4 aliphatic carbocycles. The number of unbranched alkanes of at least 4 members (excludes halogenated alkanes) is 13. The van der Waals surface area contributed by atoms with Crippen LogP contribution < -0.4 is 0 Å². The molecule has 4 aliphatic rings. The number of hydrogen-bond donors (Lipinski definition) is 1. The van der Waals surface area contributed by atoms with Crippen molar-refractivity contribution in [3.05, 3.63) is 0 Å². The maximum Gasteiger partial charge on any atom is 0.305 e. The van der Waals surface area contributed by atoms with Crippen molar-refractivity contribution in [1.29, 1.82) is 0 Å². The second kappa shape index (κ2) is 29.6. The number of likely N-dealkylation sites (N-methyl/N-ethyl adjacent to an activating group) is 1. The van der Waals surface area contributed by atoms with Crippen LogP contribution in [0.3, 0.4) is 0 Å². The fourth-order valence-corrected chi connectivity index (χ4v) is 10.7. The van der Waals surface area contributed by atoms with E-state index in [1.165, 1.54) is 128 Å². The minimum absolute atomic E-state index is 0.112. The lowest BCUT2D eigenvalue weighted by atomic mass is 10.0. The summed E-state index contributed by atoms with van der Waals surface area (Å²) in [6.45, 7) is 6.44. The third-order valence-corrected chi connectivity index (χ3v) is 15.1. The van der Waals surface area contributed by atoms with Crippen molar-refractivity contribution in [3.63, 3.8) is 0 Å². The van der Waals surface area contributed by atoms with E-state index >= 15 is 0 Å². The molecule has 4 rings (SSSR count). The van der Waals surface area contributed by atoms with Crippen LogP contribution in [0.1, 0.15) is 200 Å². The van der Waals surface area contributed by atoms with Crippen LogP contribution in [-0.4, -0.2) is 92.4 Å². The van der Waals surface area contributed by atoms with Gasteiger partial charge in [-0.25, -0.2) is 0 Å². The predicted molar refractivity (Wildman–Crippen MR) is 249 cm³/mol. The summed E-state index contributed by atoms with van der Waals surface area (Å²) < 4.78 is 6.14. The summed E-state index contributed by atoms with van der Waals surface area (Å²) in [5.74, 6) is 9.49. The van der Waals surface area contributed by atoms with Gasteiger partial charge < -0.3 is 19.2 Å². The minimum Gasteiger partial charge on any atom is -0.463 e. The van der Waals surface area contributed by atoms with Crippen LogP contribution in [0.4, 0.5) is 0 Å². The largest absolute Gasteiger partial charge is 0.463 e. The average Bonchev–Trinajstić information content (AvgIpc) is 3.99. The molecule has 6 nitrogen and oxygen atoms in total. The van der Waals surface area contributed by atoms with Crippen molar-refractivity contribution >= 4 is 22.8 Å². The van der Waals surface area contributed by atoms with Gasteiger partial charge >= 0.3 is 5.97 Å². The van der Waals surface area contributed by atoms with Crippen LogP contribution in [0.2, 0.25) is 0 Å². The number of quaternary nitrogens is 1. The molecule has 0 aromatic rings. The number of aliphatic hydroxyl groups excluding tert-OH is 1. The molecule has 0 spiro atoms. The molecule has 0 aromatic carbocycles. The summed E-state index contributed by atoms with van der Waals surface area (Å²) in [6.07, 6.45) is 38.0. The first-order valence-corrected chi connectivity index (χ1v) is 26.3. The maximum atomic E-state index is 11.9. The van der Waals surface area contributed by atoms with E-state index in [-0.39, 0.29) is 12.6 Å². The minimum atomic E-state index is -0.590. The van der Waals surface area contributed by atoms with Crippen LogP contribution in [-0.2, 0) is 14.3 Å². The molecule has 7 heteroatoms. The van der Waals surface area contributed by atoms with Crippen LogP contribution in [0.25, 0.3) is 0 Å². The van der Waals surface area contributed by atoms with Gasteiger partial charge in [-0.15, -0.1) is 0 Å². The number of esters is 1. The number of carbonyl (C=O) groups is 2. The molecule has 0 saturated heterocycles. The number of ether oxygens (including phenoxy) is 1. The molecule has 58 heavy (non-hydrogen) atoms. The van der Waals surface area contributed by atoms with Gasteiger partial charge in [0.25, 0.3) is 0 Å². The lowest BCUT2D eigenvalue weighted by Gasteiger charge is -2.23. The Morgan fingerprint density at radius 2 is 1.07 bits per heavy atom. The van der Waals surface area contributed by atoms with Crippen LogP contribution in [0.15, 0.2) is 0 Å². The number of hydrogen-bond acceptors (Lipinski definition) is 6. The van der Waals surface area contributed by atoms with Gasteiger partial charge in [-0.3, -0.25) is 9.59 Å². The van der Waals surface area contributed by atoms with Gasteiger partial charge in [0.1, 0.15) is 12.7 Å². The maximum absolute atomic E-state index is 11.9. The molecular weight excluding hydrogens is 737 g/mol. The molecule has 0 aliphatic heterocycles. The smallest absolute Gasteiger partial charge is 0.305 e. The van der Waals surface area contributed by atoms with Crippen LogP contribution in [0, 0.1) is 47.3 Å². The van der Waals surface area contributed by atoms with Crippen LogP contribution in [0.5, 0.6) is 0 Å². The summed E-state index contributed by atoms with van der Waals surface area (Å²) in [5, 5.41) is 10.1. The zero-order valence-electron chi connectivity index (χ0n) is 39.5. The molecule has 9 atom stereocenters. The molecule has 9 unspecified atom stereocenters. The summed E-state index contributed by atoms with van der Waals surface area (Å²) in [6, 6.07) is 0. The van der Waals surface area contributed by atoms with E-state index in [0.717, 1.165) is 96.2 Å². The van der Waals surface area contributed by atoms with E-state index in [1.54, 1.807) is 31.0 Å². The third kappa shape index (κ3) is 26.6. The quantitative estimate of drug-likeness (QED) is 0.0385. The molecule has 1 N–H and O–H groups in total. The molecule has 0 amide bonds. The molecule has 4 fully saturated rings. The number of nitrogens with zero attached hydrogens (tertiary/aromatic N) is 2. The van der Waals surface area contributed by atoms with E-state index in [0.29, 0.717) is 18.1 Å². The Labute approximate surface area is 364 Å². The molecule has 340 valence electrons. The Balaban J connectivity index is 0.000000311. The first kappa shape index (κ1) is 51.7. The van der Waals surface area contributed by atoms with Gasteiger partial charge in [0.05, 0.1) is 27.7 Å². The Bertz CT molecular complexity index is 1080. The van der Waals surface area contributed by atoms with Gasteiger partial charge in [0, 0.05) is 31.6 Å². The first-order chi connectivity index (χ1) is 27.9. The highest BCUT2D eigenvalue weighted by Gasteiger charge is 2.48. The van der Waals surface area contributed by atoms with Gasteiger partial charge in [-0.05, 0) is 113 Å². The molecule has 0 bridgehead atoms. The van der Waals surface area contributed by atoms with E-state index in [4.69, 9.17) is 4.74 Å². The first-order valence-electron chi connectivity index (χ1n) is 25.3. The molecule has 4 saturated carbocycles. The fraction of sp³-hybridized carbons (Fsp3) is 0.961. The normalized spacial score (nSPS) is 26.2. The highest BCUT2D eigenvalue weighted by Crippen LogP contribution is 2.58. The van der Waals surface area contributed by atoms with E-state index in [9.17, 15) is 14.7 Å². The number of thioether (sulfide) groups is 1. The Hall–Kier alpha value is -0.630. The summed E-state index contributed by atoms with van der Waals surface area (Å²) in [5.41, 5.74) is 0. The van der Waals surface area contributed by atoms with Crippen molar-refractivity contribution in [2.45, 2.75) is 206 Å². The number of carbonyl (C=O) groups excluding carboxylic acids is 2. The van der Waals surface area contributed by atoms with E-state index < -0.39 is 6.10 Å². The molecule has 0 radical (unpaired) electrons. The Morgan fingerprint density at radius 3 is 1.60 bits per heavy atom. The standard InChI is InChI=1S/C26H47NO3.C25H50NOS/c1-4-19-12-21(19)14-23-16-24(23)15-22-13-20(22)10-8-6-5-7-9-11-26(29)30-18-25(28)17-27(2)3;1-5-6-7-8-10-13-17-23-22-24(23)18-14-11-9-12-15-19-25(27)28-21-16-20-26(2,3)4/h19-25,28H,4-18H2,1-3H3;23-24H,5-22H2,1-4H3/q;+1. The van der Waals surface area contributed by atoms with Crippen molar-refractivity contribution in [3.8, 4) is 0 Å². The van der Waals surface area contributed by atoms with Crippen molar-refractivity contribution < 1.29 is 23.9 Å². The second-order valence-corrected chi connectivity index (χ2v) is 22.4. The molecule has 0 heterocycles. The Kier molecular flexibility index (Phi) is 26.4. The lowest BCUT2D eigenvalue weighted by Crippen LogP contribution is -2.35. The summed E-state index contributed by atoms with van der Waals surface area (Å²) in [7, 11) is 10.4. The van der Waals surface area contributed by atoms with Gasteiger partial charge in [-0.2, -0.15) is 0 Å². The summed E-state index contributed by atoms with van der Waals surface area (Å²) >= 11 is 1.56. The van der Waals surface area contributed by atoms with Gasteiger partial charge in [0.15, 0.2) is 5.12 Å². The number of aliphatic hydroxyl groups is 1. The molecule has 0 aromatic heterocycles. The van der Waals surface area contributed by atoms with E-state index in [1.807, 2.05) is 19.0 Å². The fourth-order valence-electron chi connectivity index (χ4n) is 9.87. The van der Waals surface area contributed by atoms with E-state index in [2.05, 4.69) is 35.0 Å². The zero-order chi connectivity index (χ0) is 42.2. The highest BCUT2D eigenvalue weighted by molar-refractivity contribution is 8.13. The van der Waals surface area contributed by atoms with Crippen molar-refractivity contribution in [2.24, 2.45) is 47.3 Å². The highest BCUT2D eigenvalue weighted by atomic mass is 32.2. The average molecular weight is 834 g/mol. The predicted octanol–water partition coefficient (Wildman–Crippen LogP) is 12.7. The van der Waals surface area contributed by atoms with Gasteiger partial charge in [-0.1, -0.05) is 141 Å². The van der Waals surface area contributed by atoms with Gasteiger partial charge in [0.2, 0.25) is 0 Å². The van der Waals surface area contributed by atoms with Crippen LogP contribution >= 0.6 is 11.8 Å². The third-order valence-electron chi connectivity index (χ3n) is 14.1. The monoisotopic (exact) mass is 834 g/mol. The van der Waals surface area contributed by atoms with Crippen molar-refractivity contribution in [1.82, 2.24) is 4.90 Å². The number of rotatable bonds is 36.